The molecule has 2 saturated carbocycles. The molecule has 0 aromatic heterocycles. The number of carbonyl (C=O) groups excluding carboxylic acids is 2. The Balaban J connectivity index is 0.000000211. The number of amides is 2. The summed E-state index contributed by atoms with van der Waals surface area (Å²) in [5, 5.41) is 6.52. The van der Waals surface area contributed by atoms with E-state index in [1.165, 1.54) is 25.7 Å². The third-order valence-electron chi connectivity index (χ3n) is 8.75. The molecule has 2 N–H and O–H groups in total. The molecule has 2 aromatic carbocycles. The van der Waals surface area contributed by atoms with Crippen molar-refractivity contribution in [1.29, 1.82) is 0 Å². The van der Waals surface area contributed by atoms with E-state index in [9.17, 15) is 9.59 Å². The molecule has 4 rings (SSSR count). The molecule has 0 aliphatic heterocycles. The molecule has 0 heterocycles. The van der Waals surface area contributed by atoms with Crippen molar-refractivity contribution in [2.24, 2.45) is 35.5 Å². The highest BCUT2D eigenvalue weighted by Crippen LogP contribution is 2.34. The van der Waals surface area contributed by atoms with Gasteiger partial charge in [-0.1, -0.05) is 90.8 Å². The summed E-state index contributed by atoms with van der Waals surface area (Å²) >= 11 is 0. The first-order valence-electron chi connectivity index (χ1n) is 14.9. The minimum Gasteiger partial charge on any atom is -0.349 e. The van der Waals surface area contributed by atoms with Gasteiger partial charge in [-0.05, 0) is 85.5 Å². The highest BCUT2D eigenvalue weighted by Gasteiger charge is 2.32. The minimum atomic E-state index is 0.0744. The van der Waals surface area contributed by atoms with Gasteiger partial charge in [0.2, 0.25) is 0 Å². The summed E-state index contributed by atoms with van der Waals surface area (Å²) in [6, 6.07) is 19.7. The smallest absolute Gasteiger partial charge is 0.251 e. The fourth-order valence-electron chi connectivity index (χ4n) is 6.42. The maximum atomic E-state index is 12.3. The summed E-state index contributed by atoms with van der Waals surface area (Å²) in [5.74, 6) is 4.08. The van der Waals surface area contributed by atoms with Crippen LogP contribution in [-0.4, -0.2) is 23.9 Å². The van der Waals surface area contributed by atoms with E-state index in [0.29, 0.717) is 35.8 Å². The van der Waals surface area contributed by atoms with Crippen molar-refractivity contribution >= 4 is 11.8 Å². The molecule has 0 bridgehead atoms. The van der Waals surface area contributed by atoms with Crippen LogP contribution in [0.15, 0.2) is 60.7 Å². The normalized spacial score (nSPS) is 27.3. The molecule has 0 saturated heterocycles. The second-order valence-electron chi connectivity index (χ2n) is 12.5. The minimum absolute atomic E-state index is 0.0744. The zero-order valence-electron chi connectivity index (χ0n) is 24.5. The van der Waals surface area contributed by atoms with E-state index in [4.69, 9.17) is 0 Å². The summed E-state index contributed by atoms with van der Waals surface area (Å²) in [6.45, 7) is 13.6. The predicted octanol–water partition coefficient (Wildman–Crippen LogP) is 7.75. The second-order valence-corrected chi connectivity index (χ2v) is 12.5. The first kappa shape index (κ1) is 29.9. The van der Waals surface area contributed by atoms with Crippen molar-refractivity contribution < 1.29 is 9.59 Å². The first-order valence-corrected chi connectivity index (χ1v) is 14.9. The molecular formula is C34H50N2O2. The van der Waals surface area contributed by atoms with Crippen molar-refractivity contribution in [2.45, 2.75) is 92.2 Å². The summed E-state index contributed by atoms with van der Waals surface area (Å²) in [5.41, 5.74) is 1.53. The number of benzene rings is 2. The lowest BCUT2D eigenvalue weighted by molar-refractivity contribution is 0.0859. The van der Waals surface area contributed by atoms with E-state index in [2.05, 4.69) is 52.2 Å². The van der Waals surface area contributed by atoms with Crippen molar-refractivity contribution in [3.05, 3.63) is 71.8 Å². The zero-order valence-corrected chi connectivity index (χ0v) is 24.5. The fraction of sp³-hybridized carbons (Fsp3) is 0.588. The Labute approximate surface area is 231 Å². The van der Waals surface area contributed by atoms with Gasteiger partial charge >= 0.3 is 0 Å². The number of hydrogen-bond donors (Lipinski definition) is 2. The Bertz CT molecular complexity index is 907. The molecule has 0 radical (unpaired) electrons. The average Bonchev–Trinajstić information content (AvgIpc) is 2.90. The molecule has 2 aliphatic rings. The monoisotopic (exact) mass is 518 g/mol. The van der Waals surface area contributed by atoms with Crippen molar-refractivity contribution in [1.82, 2.24) is 10.6 Å². The highest BCUT2D eigenvalue weighted by atomic mass is 16.2. The van der Waals surface area contributed by atoms with E-state index >= 15 is 0 Å². The number of nitrogens with one attached hydrogen (secondary N) is 2. The Morgan fingerprint density at radius 2 is 0.947 bits per heavy atom. The molecule has 2 amide bonds. The number of hydrogen-bond acceptors (Lipinski definition) is 2. The molecule has 6 atom stereocenters. The highest BCUT2D eigenvalue weighted by molar-refractivity contribution is 5.94. The summed E-state index contributed by atoms with van der Waals surface area (Å²) in [6.07, 6.45) is 7.28. The molecule has 2 aromatic rings. The van der Waals surface area contributed by atoms with Gasteiger partial charge in [0.1, 0.15) is 0 Å². The zero-order chi connectivity index (χ0) is 27.7. The van der Waals surface area contributed by atoms with Crippen LogP contribution < -0.4 is 10.6 Å². The van der Waals surface area contributed by atoms with Crippen LogP contribution in [0.3, 0.4) is 0 Å². The maximum Gasteiger partial charge on any atom is 0.251 e. The number of rotatable bonds is 6. The lowest BCUT2D eigenvalue weighted by Crippen LogP contribution is -2.45. The van der Waals surface area contributed by atoms with Gasteiger partial charge in [0, 0.05) is 23.2 Å². The van der Waals surface area contributed by atoms with Gasteiger partial charge in [0.25, 0.3) is 11.8 Å². The largest absolute Gasteiger partial charge is 0.349 e. The van der Waals surface area contributed by atoms with Crippen LogP contribution in [0.25, 0.3) is 0 Å². The van der Waals surface area contributed by atoms with Gasteiger partial charge < -0.3 is 10.6 Å². The molecule has 4 nitrogen and oxygen atoms in total. The molecule has 2 aliphatic carbocycles. The van der Waals surface area contributed by atoms with Crippen LogP contribution in [0.4, 0.5) is 0 Å². The predicted molar refractivity (Wildman–Crippen MR) is 158 cm³/mol. The Morgan fingerprint density at radius 1 is 0.605 bits per heavy atom. The van der Waals surface area contributed by atoms with Crippen molar-refractivity contribution in [3.63, 3.8) is 0 Å². The summed E-state index contributed by atoms with van der Waals surface area (Å²) < 4.78 is 0. The van der Waals surface area contributed by atoms with Gasteiger partial charge in [-0.25, -0.2) is 0 Å². The van der Waals surface area contributed by atoms with E-state index in [1.807, 2.05) is 60.7 Å². The van der Waals surface area contributed by atoms with Gasteiger partial charge in [-0.15, -0.1) is 0 Å². The third-order valence-corrected chi connectivity index (χ3v) is 8.75. The molecule has 2 fully saturated rings. The SMILES string of the molecule is CC(C)[C@@H]1CC[C@@H](C)C[C@@H]1NC(=O)c1ccccc1.CC(C)[C@H]1CC[C@H](C)C[C@H]1NC(=O)c1ccccc1. The van der Waals surface area contributed by atoms with Crippen LogP contribution >= 0.6 is 0 Å². The van der Waals surface area contributed by atoms with Crippen LogP contribution in [0.1, 0.15) is 101 Å². The van der Waals surface area contributed by atoms with E-state index in [1.54, 1.807) is 0 Å². The molecule has 0 spiro atoms. The van der Waals surface area contributed by atoms with E-state index in [-0.39, 0.29) is 11.8 Å². The Kier molecular flexibility index (Phi) is 11.4. The van der Waals surface area contributed by atoms with Crippen LogP contribution in [0.5, 0.6) is 0 Å². The van der Waals surface area contributed by atoms with E-state index < -0.39 is 0 Å². The molecule has 208 valence electrons. The Hall–Kier alpha value is -2.62. The third kappa shape index (κ3) is 8.71. The first-order chi connectivity index (χ1) is 18.2. The molecule has 4 heteroatoms. The second kappa shape index (κ2) is 14.5. The van der Waals surface area contributed by atoms with Crippen LogP contribution in [-0.2, 0) is 0 Å². The van der Waals surface area contributed by atoms with E-state index in [0.717, 1.165) is 35.8 Å². The van der Waals surface area contributed by atoms with Gasteiger partial charge in [-0.2, -0.15) is 0 Å². The lowest BCUT2D eigenvalue weighted by atomic mass is 9.74. The summed E-state index contributed by atoms with van der Waals surface area (Å²) in [4.78, 5) is 24.6. The molecular weight excluding hydrogens is 468 g/mol. The van der Waals surface area contributed by atoms with Crippen molar-refractivity contribution in [3.8, 4) is 0 Å². The topological polar surface area (TPSA) is 58.2 Å². The fourth-order valence-corrected chi connectivity index (χ4v) is 6.42. The van der Waals surface area contributed by atoms with Gasteiger partial charge in [0.15, 0.2) is 0 Å². The average molecular weight is 519 g/mol. The molecule has 0 unspecified atom stereocenters. The number of carbonyl (C=O) groups is 2. The van der Waals surface area contributed by atoms with Crippen LogP contribution in [0.2, 0.25) is 0 Å². The lowest BCUT2D eigenvalue weighted by Gasteiger charge is -2.37. The van der Waals surface area contributed by atoms with Crippen LogP contribution in [0, 0.1) is 35.5 Å². The standard InChI is InChI=1S/2C17H25NO/c2*1-12(2)15-10-9-13(3)11-16(15)18-17(19)14-7-5-4-6-8-14/h2*4-8,12-13,15-16H,9-11H2,1-3H3,(H,18,19)/t2*13-,15+,16+/m10/s1. The van der Waals surface area contributed by atoms with Gasteiger partial charge in [0.05, 0.1) is 0 Å². The van der Waals surface area contributed by atoms with Gasteiger partial charge in [-0.3, -0.25) is 9.59 Å². The quantitative estimate of drug-likeness (QED) is 0.411. The Morgan fingerprint density at radius 3 is 1.26 bits per heavy atom. The summed E-state index contributed by atoms with van der Waals surface area (Å²) in [7, 11) is 0. The molecule has 38 heavy (non-hydrogen) atoms. The maximum absolute atomic E-state index is 12.3. The van der Waals surface area contributed by atoms with Crippen molar-refractivity contribution in [2.75, 3.05) is 0 Å².